The Labute approximate surface area is 121 Å². The number of rotatable bonds is 4. The van der Waals surface area contributed by atoms with Crippen molar-refractivity contribution >= 4 is 11.4 Å². The zero-order chi connectivity index (χ0) is 15.6. The molecule has 0 radical (unpaired) electrons. The summed E-state index contributed by atoms with van der Waals surface area (Å²) in [5.74, 6) is -2.22. The highest BCUT2D eigenvalue weighted by Gasteiger charge is 2.31. The molecule has 5 nitrogen and oxygen atoms in total. The minimum atomic E-state index is -1.15. The van der Waals surface area contributed by atoms with Crippen LogP contribution in [0.25, 0.3) is 0 Å². The third-order valence-electron chi connectivity index (χ3n) is 4.05. The molecule has 1 aliphatic carbocycles. The van der Waals surface area contributed by atoms with Crippen LogP contribution in [0.1, 0.15) is 32.6 Å². The van der Waals surface area contributed by atoms with Gasteiger partial charge in [0.1, 0.15) is 0 Å². The van der Waals surface area contributed by atoms with Crippen molar-refractivity contribution in [3.8, 4) is 0 Å². The molecular weight excluding hydrogens is 280 g/mol. The van der Waals surface area contributed by atoms with E-state index < -0.39 is 22.2 Å². The third kappa shape index (κ3) is 3.12. The van der Waals surface area contributed by atoms with Gasteiger partial charge in [-0.3, -0.25) is 10.1 Å². The monoisotopic (exact) mass is 299 g/mol. The van der Waals surface area contributed by atoms with Crippen LogP contribution in [0.2, 0.25) is 0 Å². The fourth-order valence-corrected chi connectivity index (χ4v) is 2.96. The number of halogens is 2. The molecule has 0 unspecified atom stereocenters. The van der Waals surface area contributed by atoms with Crippen molar-refractivity contribution in [1.29, 1.82) is 0 Å². The Hall–Kier alpha value is -1.76. The average molecular weight is 299 g/mol. The largest absolute Gasteiger partial charge is 0.361 e. The van der Waals surface area contributed by atoms with Crippen molar-refractivity contribution in [2.75, 3.05) is 11.4 Å². The lowest BCUT2D eigenvalue weighted by atomic mass is 9.90. The minimum Gasteiger partial charge on any atom is -0.361 e. The van der Waals surface area contributed by atoms with Crippen LogP contribution in [-0.4, -0.2) is 23.6 Å². The SMILES string of the molecule is CCN(c1c([N+](=O)[O-])ccc(F)c1F)C1CCC(N)CC1. The summed E-state index contributed by atoms with van der Waals surface area (Å²) in [6, 6.07) is 1.88. The van der Waals surface area contributed by atoms with E-state index in [1.54, 1.807) is 11.8 Å². The molecule has 0 amide bonds. The van der Waals surface area contributed by atoms with Gasteiger partial charge in [0.05, 0.1) is 4.92 Å². The van der Waals surface area contributed by atoms with Crippen molar-refractivity contribution in [2.45, 2.75) is 44.7 Å². The van der Waals surface area contributed by atoms with Crippen molar-refractivity contribution in [3.05, 3.63) is 33.9 Å². The van der Waals surface area contributed by atoms with Crippen LogP contribution in [0.3, 0.4) is 0 Å². The number of nitro groups is 1. The van der Waals surface area contributed by atoms with E-state index in [4.69, 9.17) is 5.73 Å². The van der Waals surface area contributed by atoms with Gasteiger partial charge in [0.2, 0.25) is 0 Å². The lowest BCUT2D eigenvalue weighted by Gasteiger charge is -2.36. The first-order valence-electron chi connectivity index (χ1n) is 7.10. The first-order valence-corrected chi connectivity index (χ1v) is 7.10. The van der Waals surface area contributed by atoms with Gasteiger partial charge in [-0.2, -0.15) is 0 Å². The summed E-state index contributed by atoms with van der Waals surface area (Å²) in [7, 11) is 0. The molecular formula is C14H19F2N3O2. The molecule has 2 rings (SSSR count). The van der Waals surface area contributed by atoms with Gasteiger partial charge in [0.25, 0.3) is 5.69 Å². The van der Waals surface area contributed by atoms with Crippen molar-refractivity contribution in [2.24, 2.45) is 5.73 Å². The standard InChI is InChI=1S/C14H19F2N3O2/c1-2-18(10-5-3-9(17)4-6-10)14-12(19(20)21)8-7-11(15)13(14)16/h7-10H,2-6,17H2,1H3. The Morgan fingerprint density at radius 1 is 1.33 bits per heavy atom. The van der Waals surface area contributed by atoms with Gasteiger partial charge in [-0.25, -0.2) is 8.78 Å². The van der Waals surface area contributed by atoms with Crippen molar-refractivity contribution in [1.82, 2.24) is 0 Å². The Balaban J connectivity index is 2.41. The Kier molecular flexibility index (Phi) is 4.72. The minimum absolute atomic E-state index is 0.0511. The van der Waals surface area contributed by atoms with E-state index in [0.29, 0.717) is 6.54 Å². The second-order valence-corrected chi connectivity index (χ2v) is 5.34. The zero-order valence-electron chi connectivity index (χ0n) is 11.9. The van der Waals surface area contributed by atoms with Gasteiger partial charge in [0, 0.05) is 24.7 Å². The summed E-state index contributed by atoms with van der Waals surface area (Å²) in [5, 5.41) is 11.1. The van der Waals surface area contributed by atoms with Crippen LogP contribution in [0, 0.1) is 21.7 Å². The second kappa shape index (κ2) is 6.34. The Bertz CT molecular complexity index is 531. The van der Waals surface area contributed by atoms with E-state index in [2.05, 4.69) is 0 Å². The first kappa shape index (κ1) is 15.6. The third-order valence-corrected chi connectivity index (χ3v) is 4.05. The van der Waals surface area contributed by atoms with E-state index in [-0.39, 0.29) is 17.8 Å². The molecule has 21 heavy (non-hydrogen) atoms. The smallest absolute Gasteiger partial charge is 0.295 e. The number of nitrogens with zero attached hydrogens (tertiary/aromatic N) is 2. The summed E-state index contributed by atoms with van der Waals surface area (Å²) in [5.41, 5.74) is 5.20. The maximum atomic E-state index is 14.1. The van der Waals surface area contributed by atoms with Crippen molar-refractivity contribution in [3.63, 3.8) is 0 Å². The number of nitrogens with two attached hydrogens (primary N) is 1. The molecule has 1 aromatic carbocycles. The molecule has 1 saturated carbocycles. The van der Waals surface area contributed by atoms with Gasteiger partial charge >= 0.3 is 0 Å². The number of benzene rings is 1. The summed E-state index contributed by atoms with van der Waals surface area (Å²) in [6.07, 6.45) is 3.02. The predicted molar refractivity (Wildman–Crippen MR) is 76.3 cm³/mol. The number of hydrogen-bond donors (Lipinski definition) is 1. The summed E-state index contributed by atoms with van der Waals surface area (Å²) in [6.45, 7) is 2.16. The summed E-state index contributed by atoms with van der Waals surface area (Å²) < 4.78 is 27.6. The highest BCUT2D eigenvalue weighted by atomic mass is 19.2. The number of nitro benzene ring substituents is 1. The molecule has 0 atom stereocenters. The predicted octanol–water partition coefficient (Wildman–Crippen LogP) is 2.97. The lowest BCUT2D eigenvalue weighted by molar-refractivity contribution is -0.384. The van der Waals surface area contributed by atoms with Crippen LogP contribution in [0.5, 0.6) is 0 Å². The van der Waals surface area contributed by atoms with E-state index in [1.807, 2.05) is 0 Å². The van der Waals surface area contributed by atoms with E-state index >= 15 is 0 Å². The Morgan fingerprint density at radius 3 is 2.48 bits per heavy atom. The van der Waals surface area contributed by atoms with Gasteiger partial charge in [-0.15, -0.1) is 0 Å². The van der Waals surface area contributed by atoms with E-state index in [0.717, 1.165) is 37.8 Å². The van der Waals surface area contributed by atoms with Crippen LogP contribution in [0.15, 0.2) is 12.1 Å². The molecule has 1 aromatic rings. The molecule has 0 aromatic heterocycles. The van der Waals surface area contributed by atoms with Gasteiger partial charge < -0.3 is 10.6 Å². The summed E-state index contributed by atoms with van der Waals surface area (Å²) >= 11 is 0. The zero-order valence-corrected chi connectivity index (χ0v) is 11.9. The van der Waals surface area contributed by atoms with Gasteiger partial charge in [-0.1, -0.05) is 0 Å². The normalized spacial score (nSPS) is 22.1. The highest BCUT2D eigenvalue weighted by Crippen LogP contribution is 2.36. The fourth-order valence-electron chi connectivity index (χ4n) is 2.96. The van der Waals surface area contributed by atoms with E-state index in [1.165, 1.54) is 0 Å². The number of anilines is 1. The average Bonchev–Trinajstić information content (AvgIpc) is 2.45. The maximum absolute atomic E-state index is 14.1. The van der Waals surface area contributed by atoms with E-state index in [9.17, 15) is 18.9 Å². The van der Waals surface area contributed by atoms with Crippen LogP contribution in [-0.2, 0) is 0 Å². The topological polar surface area (TPSA) is 72.4 Å². The summed E-state index contributed by atoms with van der Waals surface area (Å²) in [4.78, 5) is 12.0. The molecule has 0 aliphatic heterocycles. The molecule has 0 bridgehead atoms. The fraction of sp³-hybridized carbons (Fsp3) is 0.571. The molecule has 0 heterocycles. The number of hydrogen-bond acceptors (Lipinski definition) is 4. The molecule has 116 valence electrons. The Morgan fingerprint density at radius 2 is 1.95 bits per heavy atom. The molecule has 1 aliphatic rings. The van der Waals surface area contributed by atoms with Gasteiger partial charge in [-0.05, 0) is 38.7 Å². The van der Waals surface area contributed by atoms with Gasteiger partial charge in [0.15, 0.2) is 17.3 Å². The first-order chi connectivity index (χ1) is 9.95. The highest BCUT2D eigenvalue weighted by molar-refractivity contribution is 5.65. The molecule has 2 N–H and O–H groups in total. The molecule has 1 fully saturated rings. The quantitative estimate of drug-likeness (QED) is 0.685. The lowest BCUT2D eigenvalue weighted by Crippen LogP contribution is -2.41. The second-order valence-electron chi connectivity index (χ2n) is 5.34. The van der Waals surface area contributed by atoms with Crippen LogP contribution in [0.4, 0.5) is 20.2 Å². The van der Waals surface area contributed by atoms with Crippen molar-refractivity contribution < 1.29 is 13.7 Å². The van der Waals surface area contributed by atoms with Crippen LogP contribution < -0.4 is 10.6 Å². The molecule has 7 heteroatoms. The maximum Gasteiger partial charge on any atom is 0.295 e. The molecule has 0 spiro atoms. The van der Waals surface area contributed by atoms with Crippen LogP contribution >= 0.6 is 0 Å². The molecule has 0 saturated heterocycles.